The van der Waals surface area contributed by atoms with Crippen LogP contribution in [0.3, 0.4) is 0 Å². The lowest BCUT2D eigenvalue weighted by Crippen LogP contribution is -2.47. The lowest BCUT2D eigenvalue weighted by molar-refractivity contribution is -0.132. The summed E-state index contributed by atoms with van der Waals surface area (Å²) in [6.07, 6.45) is -0.152. The lowest BCUT2D eigenvalue weighted by atomic mass is 10.1. The Kier molecular flexibility index (Phi) is 11.4. The topological polar surface area (TPSA) is 220 Å². The maximum atomic E-state index is 13.0. The van der Waals surface area contributed by atoms with Crippen molar-refractivity contribution in [2.24, 2.45) is 16.5 Å². The molecule has 0 saturated heterocycles. The van der Waals surface area contributed by atoms with Gasteiger partial charge in [0.1, 0.15) is 24.8 Å². The standard InChI is InChI=1S/C28H33N7O7/c1-17-12-25(38)42-22-13-19(9-10-20(17)22)34-21(8-5-11-31-27(29)30)26(39)35-24(37)15-32-23(36)14-33-28(40)41-16-18-6-3-2-4-7-18/h2-4,6-7,9-10,12-13,21,34H,5,8,11,14-16H2,1H3,(H,32,36)(H,33,40)(H4,29,30,31)(H,35,37,39)/t21-/m0/s1. The number of fused-ring (bicyclic) bond motifs is 1. The van der Waals surface area contributed by atoms with Gasteiger partial charge in [0.05, 0.1) is 6.54 Å². The molecule has 0 spiro atoms. The van der Waals surface area contributed by atoms with Crippen LogP contribution in [0.5, 0.6) is 0 Å². The fraction of sp³-hybridized carbons (Fsp3) is 0.286. The molecule has 4 amide bonds. The summed E-state index contributed by atoms with van der Waals surface area (Å²) in [5.41, 5.74) is 12.5. The van der Waals surface area contributed by atoms with Crippen molar-refractivity contribution < 1.29 is 28.3 Å². The first kappa shape index (κ1) is 31.1. The number of hydrogen-bond acceptors (Lipinski definition) is 9. The average Bonchev–Trinajstić information content (AvgIpc) is 2.95. The normalized spacial score (nSPS) is 11.2. The zero-order valence-electron chi connectivity index (χ0n) is 23.0. The van der Waals surface area contributed by atoms with Crippen LogP contribution < -0.4 is 38.4 Å². The van der Waals surface area contributed by atoms with Crippen molar-refractivity contribution in [2.45, 2.75) is 32.4 Å². The minimum absolute atomic E-state index is 0.0350. The second-order valence-corrected chi connectivity index (χ2v) is 9.21. The van der Waals surface area contributed by atoms with Crippen LogP contribution in [0.25, 0.3) is 11.0 Å². The number of carbonyl (C=O) groups excluding carboxylic acids is 4. The number of guanidine groups is 1. The van der Waals surface area contributed by atoms with Crippen molar-refractivity contribution in [3.8, 4) is 0 Å². The Morgan fingerprint density at radius 1 is 0.976 bits per heavy atom. The van der Waals surface area contributed by atoms with Gasteiger partial charge in [0.2, 0.25) is 17.7 Å². The van der Waals surface area contributed by atoms with E-state index < -0.39 is 48.6 Å². The summed E-state index contributed by atoms with van der Waals surface area (Å²) in [5.74, 6) is -2.17. The van der Waals surface area contributed by atoms with E-state index in [1.54, 1.807) is 49.4 Å². The molecule has 3 rings (SSSR count). The highest BCUT2D eigenvalue weighted by Gasteiger charge is 2.21. The van der Waals surface area contributed by atoms with E-state index in [9.17, 15) is 24.0 Å². The van der Waals surface area contributed by atoms with E-state index in [0.29, 0.717) is 17.7 Å². The van der Waals surface area contributed by atoms with E-state index in [0.717, 1.165) is 16.5 Å². The number of amides is 4. The Morgan fingerprint density at radius 2 is 1.71 bits per heavy atom. The third-order valence-corrected chi connectivity index (χ3v) is 5.87. The number of rotatable bonds is 13. The predicted octanol–water partition coefficient (Wildman–Crippen LogP) is 0.621. The Labute approximate surface area is 240 Å². The minimum Gasteiger partial charge on any atom is -0.445 e. The zero-order chi connectivity index (χ0) is 30.5. The first-order valence-electron chi connectivity index (χ1n) is 13.0. The summed E-state index contributed by atoms with van der Waals surface area (Å²) in [6, 6.07) is 14.5. The van der Waals surface area contributed by atoms with Gasteiger partial charge < -0.3 is 36.6 Å². The number of hydrogen-bond donors (Lipinski definition) is 6. The second-order valence-electron chi connectivity index (χ2n) is 9.21. The number of aliphatic imine (C=N–C) groups is 1. The molecule has 0 aliphatic carbocycles. The zero-order valence-corrected chi connectivity index (χ0v) is 23.0. The molecule has 0 aliphatic rings. The van der Waals surface area contributed by atoms with Crippen molar-refractivity contribution in [3.05, 3.63) is 76.1 Å². The van der Waals surface area contributed by atoms with Crippen LogP contribution in [0.4, 0.5) is 10.5 Å². The van der Waals surface area contributed by atoms with E-state index in [1.807, 2.05) is 6.07 Å². The summed E-state index contributed by atoms with van der Waals surface area (Å²) in [6.45, 7) is 1.13. The molecule has 1 aromatic heterocycles. The number of carbonyl (C=O) groups is 4. The minimum atomic E-state index is -0.895. The quantitative estimate of drug-likeness (QED) is 0.0717. The third-order valence-electron chi connectivity index (χ3n) is 5.87. The van der Waals surface area contributed by atoms with Crippen molar-refractivity contribution >= 4 is 46.4 Å². The highest BCUT2D eigenvalue weighted by molar-refractivity contribution is 6.00. The van der Waals surface area contributed by atoms with Gasteiger partial charge in [-0.1, -0.05) is 30.3 Å². The Bertz CT molecular complexity index is 1500. The van der Waals surface area contributed by atoms with Gasteiger partial charge >= 0.3 is 11.7 Å². The molecule has 14 nitrogen and oxygen atoms in total. The highest BCUT2D eigenvalue weighted by atomic mass is 16.5. The molecule has 1 heterocycles. The van der Waals surface area contributed by atoms with Crippen molar-refractivity contribution in [1.82, 2.24) is 16.0 Å². The number of anilines is 1. The Morgan fingerprint density at radius 3 is 2.45 bits per heavy atom. The van der Waals surface area contributed by atoms with Crippen LogP contribution in [-0.2, 0) is 25.7 Å². The monoisotopic (exact) mass is 579 g/mol. The van der Waals surface area contributed by atoms with Crippen molar-refractivity contribution in [3.63, 3.8) is 0 Å². The molecule has 2 aromatic carbocycles. The fourth-order valence-electron chi connectivity index (χ4n) is 3.82. The molecule has 222 valence electrons. The molecular formula is C28H33N7O7. The summed E-state index contributed by atoms with van der Waals surface area (Å²) >= 11 is 0. The van der Waals surface area contributed by atoms with Crippen molar-refractivity contribution in [2.75, 3.05) is 25.0 Å². The first-order valence-corrected chi connectivity index (χ1v) is 13.0. The summed E-state index contributed by atoms with van der Waals surface area (Å²) in [5, 5.41) is 10.6. The fourth-order valence-corrected chi connectivity index (χ4v) is 3.82. The number of alkyl carbamates (subject to hydrolysis) is 1. The van der Waals surface area contributed by atoms with Gasteiger partial charge in [-0.3, -0.25) is 24.7 Å². The number of aryl methyl sites for hydroxylation is 1. The van der Waals surface area contributed by atoms with Crippen LogP contribution >= 0.6 is 0 Å². The highest BCUT2D eigenvalue weighted by Crippen LogP contribution is 2.22. The summed E-state index contributed by atoms with van der Waals surface area (Å²) in [7, 11) is 0. The largest absolute Gasteiger partial charge is 0.445 e. The Hall–Kier alpha value is -5.40. The number of ether oxygens (including phenoxy) is 1. The van der Waals surface area contributed by atoms with E-state index >= 15 is 0 Å². The lowest BCUT2D eigenvalue weighted by Gasteiger charge is -2.19. The molecule has 0 radical (unpaired) electrons. The average molecular weight is 580 g/mol. The van der Waals surface area contributed by atoms with E-state index in [2.05, 4.69) is 26.3 Å². The van der Waals surface area contributed by atoms with Gasteiger partial charge in [-0.25, -0.2) is 9.59 Å². The van der Waals surface area contributed by atoms with Crippen LogP contribution in [0.15, 0.2) is 68.8 Å². The van der Waals surface area contributed by atoms with Gasteiger partial charge in [0, 0.05) is 29.8 Å². The number of nitrogens with one attached hydrogen (secondary N) is 4. The van der Waals surface area contributed by atoms with Gasteiger partial charge in [-0.15, -0.1) is 0 Å². The number of nitrogens with two attached hydrogens (primary N) is 2. The molecule has 0 saturated carbocycles. The van der Waals surface area contributed by atoms with Crippen LogP contribution in [0.2, 0.25) is 0 Å². The summed E-state index contributed by atoms with van der Waals surface area (Å²) < 4.78 is 10.3. The van der Waals surface area contributed by atoms with E-state index in [-0.39, 0.29) is 25.5 Å². The summed E-state index contributed by atoms with van der Waals surface area (Å²) in [4.78, 5) is 64.9. The molecule has 1 atom stereocenters. The molecule has 3 aromatic rings. The van der Waals surface area contributed by atoms with Crippen molar-refractivity contribution in [1.29, 1.82) is 0 Å². The molecule has 8 N–H and O–H groups in total. The predicted molar refractivity (Wildman–Crippen MR) is 155 cm³/mol. The van der Waals surface area contributed by atoms with Gasteiger partial charge in [0.15, 0.2) is 5.96 Å². The van der Waals surface area contributed by atoms with Crippen LogP contribution in [-0.4, -0.2) is 55.5 Å². The van der Waals surface area contributed by atoms with E-state index in [1.165, 1.54) is 6.07 Å². The molecule has 14 heteroatoms. The molecular weight excluding hydrogens is 546 g/mol. The van der Waals surface area contributed by atoms with Crippen LogP contribution in [0.1, 0.15) is 24.0 Å². The molecule has 0 fully saturated rings. The van der Waals surface area contributed by atoms with Gasteiger partial charge in [-0.2, -0.15) is 0 Å². The molecule has 0 bridgehead atoms. The van der Waals surface area contributed by atoms with Gasteiger partial charge in [0.25, 0.3) is 0 Å². The smallest absolute Gasteiger partial charge is 0.407 e. The first-order chi connectivity index (χ1) is 20.1. The number of benzene rings is 2. The number of nitrogens with zero attached hydrogens (tertiary/aromatic N) is 1. The van der Waals surface area contributed by atoms with E-state index in [4.69, 9.17) is 20.6 Å². The number of imide groups is 1. The molecule has 0 unspecified atom stereocenters. The molecule has 42 heavy (non-hydrogen) atoms. The van der Waals surface area contributed by atoms with Gasteiger partial charge in [-0.05, 0) is 43.0 Å². The third kappa shape index (κ3) is 10.3. The Balaban J connectivity index is 1.51. The maximum absolute atomic E-state index is 13.0. The second kappa shape index (κ2) is 15.4. The molecule has 0 aliphatic heterocycles. The maximum Gasteiger partial charge on any atom is 0.407 e. The van der Waals surface area contributed by atoms with Crippen LogP contribution in [0, 0.1) is 6.92 Å². The SMILES string of the molecule is Cc1cc(=O)oc2cc(N[C@@H](CCCN=C(N)N)C(=O)NC(=O)CNC(=O)CNC(=O)OCc3ccccc3)ccc12.